The lowest BCUT2D eigenvalue weighted by atomic mass is 9.98. The molecule has 3 heterocycles. The fourth-order valence-corrected chi connectivity index (χ4v) is 3.18. The van der Waals surface area contributed by atoms with Crippen LogP contribution in [0.1, 0.15) is 19.8 Å². The zero-order valence-electron chi connectivity index (χ0n) is 13.8. The summed E-state index contributed by atoms with van der Waals surface area (Å²) in [5.74, 6) is 0.292. The van der Waals surface area contributed by atoms with Crippen molar-refractivity contribution < 1.29 is 23.4 Å². The van der Waals surface area contributed by atoms with Crippen LogP contribution in [0.5, 0.6) is 5.75 Å². The van der Waals surface area contributed by atoms with Crippen LogP contribution >= 0.6 is 0 Å². The number of cyclic esters (lactones) is 1. The predicted octanol–water partition coefficient (Wildman–Crippen LogP) is 2.59. The third kappa shape index (κ3) is 3.17. The SMILES string of the molecule is C=C1C[C@H](C[C@@]2(C)O[C@@H]2COc2ccc3ccc(=O)oc3c2)OC1=O. The van der Waals surface area contributed by atoms with Gasteiger partial charge in [0.05, 0.1) is 5.60 Å². The van der Waals surface area contributed by atoms with E-state index in [0.29, 0.717) is 36.4 Å². The van der Waals surface area contributed by atoms with Crippen molar-refractivity contribution in [2.24, 2.45) is 0 Å². The van der Waals surface area contributed by atoms with Crippen LogP contribution in [0.2, 0.25) is 0 Å². The van der Waals surface area contributed by atoms with E-state index in [9.17, 15) is 9.59 Å². The third-order valence-electron chi connectivity index (χ3n) is 4.70. The van der Waals surface area contributed by atoms with Gasteiger partial charge in [0.2, 0.25) is 0 Å². The summed E-state index contributed by atoms with van der Waals surface area (Å²) in [5.41, 5.74) is 0.245. The molecule has 25 heavy (non-hydrogen) atoms. The third-order valence-corrected chi connectivity index (χ3v) is 4.70. The molecule has 2 aliphatic rings. The number of hydrogen-bond donors (Lipinski definition) is 0. The smallest absolute Gasteiger partial charge is 0.336 e. The number of carbonyl (C=O) groups excluding carboxylic acids is 1. The highest BCUT2D eigenvalue weighted by molar-refractivity contribution is 5.89. The molecule has 0 unspecified atom stereocenters. The van der Waals surface area contributed by atoms with Crippen molar-refractivity contribution in [3.05, 3.63) is 52.9 Å². The van der Waals surface area contributed by atoms with E-state index >= 15 is 0 Å². The second-order valence-corrected chi connectivity index (χ2v) is 6.72. The van der Waals surface area contributed by atoms with Gasteiger partial charge in [-0.15, -0.1) is 0 Å². The van der Waals surface area contributed by atoms with Gasteiger partial charge in [-0.1, -0.05) is 6.58 Å². The van der Waals surface area contributed by atoms with Crippen LogP contribution in [0.4, 0.5) is 0 Å². The van der Waals surface area contributed by atoms with Gasteiger partial charge in [0, 0.05) is 35.9 Å². The minimum atomic E-state index is -0.393. The molecular formula is C19H18O6. The highest BCUT2D eigenvalue weighted by Crippen LogP contribution is 2.43. The summed E-state index contributed by atoms with van der Waals surface area (Å²) in [7, 11) is 0. The van der Waals surface area contributed by atoms with E-state index in [1.807, 2.05) is 19.1 Å². The Morgan fingerprint density at radius 2 is 2.08 bits per heavy atom. The molecule has 130 valence electrons. The van der Waals surface area contributed by atoms with Crippen molar-refractivity contribution in [3.8, 4) is 5.75 Å². The first-order valence-corrected chi connectivity index (χ1v) is 8.16. The molecule has 2 saturated heterocycles. The van der Waals surface area contributed by atoms with Gasteiger partial charge in [-0.3, -0.25) is 0 Å². The maximum atomic E-state index is 11.4. The molecule has 0 spiro atoms. The Labute approximate surface area is 144 Å². The number of carbonyl (C=O) groups is 1. The summed E-state index contributed by atoms with van der Waals surface area (Å²) in [6.45, 7) is 6.05. The first-order chi connectivity index (χ1) is 11.9. The van der Waals surface area contributed by atoms with Crippen LogP contribution in [-0.2, 0) is 14.3 Å². The van der Waals surface area contributed by atoms with Crippen LogP contribution in [0.25, 0.3) is 11.0 Å². The molecule has 6 nitrogen and oxygen atoms in total. The first-order valence-electron chi connectivity index (χ1n) is 8.16. The molecule has 0 N–H and O–H groups in total. The molecule has 3 atom stereocenters. The average Bonchev–Trinajstić information content (AvgIpc) is 3.10. The Hall–Kier alpha value is -2.60. The van der Waals surface area contributed by atoms with Gasteiger partial charge in [0.1, 0.15) is 30.1 Å². The molecule has 2 aliphatic heterocycles. The Kier molecular flexibility index (Phi) is 3.65. The van der Waals surface area contributed by atoms with Gasteiger partial charge in [0.15, 0.2) is 0 Å². The number of fused-ring (bicyclic) bond motifs is 1. The van der Waals surface area contributed by atoms with E-state index in [2.05, 4.69) is 6.58 Å². The summed E-state index contributed by atoms with van der Waals surface area (Å²) in [6.07, 6.45) is 0.927. The van der Waals surface area contributed by atoms with Crippen LogP contribution in [0, 0.1) is 0 Å². The average molecular weight is 342 g/mol. The second-order valence-electron chi connectivity index (χ2n) is 6.72. The lowest BCUT2D eigenvalue weighted by Gasteiger charge is -2.12. The zero-order chi connectivity index (χ0) is 17.6. The molecule has 0 radical (unpaired) electrons. The maximum Gasteiger partial charge on any atom is 0.336 e. The molecule has 0 amide bonds. The molecular weight excluding hydrogens is 324 g/mol. The van der Waals surface area contributed by atoms with Gasteiger partial charge in [-0.2, -0.15) is 0 Å². The number of epoxide rings is 1. The quantitative estimate of drug-likeness (QED) is 0.360. The van der Waals surface area contributed by atoms with Gasteiger partial charge >= 0.3 is 11.6 Å². The van der Waals surface area contributed by atoms with Crippen molar-refractivity contribution in [1.82, 2.24) is 0 Å². The van der Waals surface area contributed by atoms with Crippen molar-refractivity contribution in [1.29, 1.82) is 0 Å². The fourth-order valence-electron chi connectivity index (χ4n) is 3.18. The summed E-state index contributed by atoms with van der Waals surface area (Å²) in [4.78, 5) is 22.7. The monoisotopic (exact) mass is 342 g/mol. The highest BCUT2D eigenvalue weighted by Gasteiger charge is 2.54. The highest BCUT2D eigenvalue weighted by atomic mass is 16.6. The number of esters is 1. The van der Waals surface area contributed by atoms with Crippen molar-refractivity contribution in [3.63, 3.8) is 0 Å². The molecule has 4 rings (SSSR count). The zero-order valence-corrected chi connectivity index (χ0v) is 13.8. The maximum absolute atomic E-state index is 11.4. The fraction of sp³-hybridized carbons (Fsp3) is 0.368. The standard InChI is InChI=1S/C19H18O6/c1-11-7-14(23-18(11)21)9-19(2)16(25-19)10-22-13-5-3-12-4-6-17(20)24-15(12)8-13/h3-6,8,14,16H,1,7,9-10H2,2H3/t14-,16-,19-/m1/s1. The second kappa shape index (κ2) is 5.74. The molecule has 6 heteroatoms. The van der Waals surface area contributed by atoms with E-state index in [1.165, 1.54) is 6.07 Å². The van der Waals surface area contributed by atoms with Crippen LogP contribution in [-0.4, -0.2) is 30.4 Å². The Morgan fingerprint density at radius 3 is 2.84 bits per heavy atom. The minimum absolute atomic E-state index is 0.0708. The lowest BCUT2D eigenvalue weighted by Crippen LogP contribution is -2.22. The Balaban J connectivity index is 1.35. The summed E-state index contributed by atoms with van der Waals surface area (Å²) >= 11 is 0. The van der Waals surface area contributed by atoms with Crippen LogP contribution < -0.4 is 10.4 Å². The van der Waals surface area contributed by atoms with Crippen molar-refractivity contribution in [2.45, 2.75) is 37.6 Å². The van der Waals surface area contributed by atoms with Crippen LogP contribution in [0.3, 0.4) is 0 Å². The topological polar surface area (TPSA) is 78.3 Å². The molecule has 0 saturated carbocycles. The van der Waals surface area contributed by atoms with Crippen LogP contribution in [0.15, 0.2) is 51.7 Å². The number of ether oxygens (including phenoxy) is 3. The molecule has 1 aromatic carbocycles. The lowest BCUT2D eigenvalue weighted by molar-refractivity contribution is -0.139. The number of hydrogen-bond acceptors (Lipinski definition) is 6. The Bertz CT molecular complexity index is 898. The Morgan fingerprint density at radius 1 is 1.28 bits per heavy atom. The summed E-state index contributed by atoms with van der Waals surface area (Å²) in [6, 6.07) is 8.45. The summed E-state index contributed by atoms with van der Waals surface area (Å²) < 4.78 is 21.9. The van der Waals surface area contributed by atoms with Crippen molar-refractivity contribution in [2.75, 3.05) is 6.61 Å². The van der Waals surface area contributed by atoms with Gasteiger partial charge in [0.25, 0.3) is 0 Å². The minimum Gasteiger partial charge on any atom is -0.491 e. The molecule has 2 aromatic rings. The van der Waals surface area contributed by atoms with E-state index in [-0.39, 0.29) is 23.8 Å². The number of rotatable bonds is 5. The van der Waals surface area contributed by atoms with E-state index in [0.717, 1.165) is 5.39 Å². The van der Waals surface area contributed by atoms with Gasteiger partial charge in [-0.05, 0) is 25.1 Å². The first kappa shape index (κ1) is 15.9. The van der Waals surface area contributed by atoms with E-state index in [1.54, 1.807) is 12.1 Å². The van der Waals surface area contributed by atoms with Crippen molar-refractivity contribution >= 4 is 16.9 Å². The van der Waals surface area contributed by atoms with E-state index in [4.69, 9.17) is 18.6 Å². The normalized spacial score (nSPS) is 28.2. The molecule has 2 fully saturated rings. The summed E-state index contributed by atoms with van der Waals surface area (Å²) in [5, 5.41) is 0.836. The van der Waals surface area contributed by atoms with E-state index < -0.39 is 5.63 Å². The molecule has 0 bridgehead atoms. The molecule has 0 aliphatic carbocycles. The molecule has 1 aromatic heterocycles. The van der Waals surface area contributed by atoms with Gasteiger partial charge in [-0.25, -0.2) is 9.59 Å². The predicted molar refractivity (Wildman–Crippen MR) is 89.5 cm³/mol. The largest absolute Gasteiger partial charge is 0.491 e. The number of benzene rings is 1. The van der Waals surface area contributed by atoms with Gasteiger partial charge < -0.3 is 18.6 Å².